The molecule has 1 aliphatic rings. The summed E-state index contributed by atoms with van der Waals surface area (Å²) in [6.07, 6.45) is -1.12. The molecule has 0 spiro atoms. The highest BCUT2D eigenvalue weighted by Gasteiger charge is 2.41. The number of hydrogen-bond acceptors (Lipinski definition) is 5. The van der Waals surface area contributed by atoms with E-state index in [0.29, 0.717) is 16.9 Å². The van der Waals surface area contributed by atoms with Crippen molar-refractivity contribution in [2.24, 2.45) is 0 Å². The van der Waals surface area contributed by atoms with Gasteiger partial charge in [-0.2, -0.15) is 8.42 Å². The van der Waals surface area contributed by atoms with E-state index in [9.17, 15) is 13.2 Å². The molecular formula is C16H14O5S. The zero-order valence-electron chi connectivity index (χ0n) is 11.8. The second kappa shape index (κ2) is 5.55. The van der Waals surface area contributed by atoms with Gasteiger partial charge in [0.2, 0.25) is 5.78 Å². The minimum absolute atomic E-state index is 0.323. The number of rotatable bonds is 3. The van der Waals surface area contributed by atoms with Crippen LogP contribution in [0.1, 0.15) is 22.0 Å². The Labute approximate surface area is 128 Å². The van der Waals surface area contributed by atoms with Gasteiger partial charge in [0.05, 0.1) is 11.8 Å². The Morgan fingerprint density at radius 1 is 1.00 bits per heavy atom. The van der Waals surface area contributed by atoms with Gasteiger partial charge in [0, 0.05) is 0 Å². The first-order valence-corrected chi connectivity index (χ1v) is 8.50. The number of carbonyl (C=O) groups is 1. The molecule has 0 bridgehead atoms. The minimum atomic E-state index is -3.80. The van der Waals surface area contributed by atoms with E-state index in [1.165, 1.54) is 0 Å². The number of Topliss-reactive ketones (excluding diaryl/α,β-unsaturated/α-hetero) is 1. The van der Waals surface area contributed by atoms with Gasteiger partial charge in [-0.05, 0) is 17.7 Å². The number of para-hydroxylation sites is 1. The number of ether oxygens (including phenoxy) is 1. The predicted molar refractivity (Wildman–Crippen MR) is 80.3 cm³/mol. The van der Waals surface area contributed by atoms with Crippen LogP contribution >= 0.6 is 0 Å². The molecule has 0 aromatic heterocycles. The van der Waals surface area contributed by atoms with Crippen molar-refractivity contribution >= 4 is 15.9 Å². The molecule has 5 nitrogen and oxygen atoms in total. The van der Waals surface area contributed by atoms with E-state index in [-0.39, 0.29) is 0 Å². The Kier molecular flexibility index (Phi) is 3.72. The molecule has 6 heteroatoms. The fourth-order valence-corrected chi connectivity index (χ4v) is 3.00. The van der Waals surface area contributed by atoms with Crippen molar-refractivity contribution in [3.8, 4) is 5.75 Å². The van der Waals surface area contributed by atoms with Crippen LogP contribution in [0.5, 0.6) is 5.75 Å². The molecule has 0 amide bonds. The minimum Gasteiger partial charge on any atom is -0.482 e. The van der Waals surface area contributed by atoms with Crippen LogP contribution < -0.4 is 4.74 Å². The lowest BCUT2D eigenvalue weighted by atomic mass is 9.94. The summed E-state index contributed by atoms with van der Waals surface area (Å²) in [5, 5.41) is 0. The monoisotopic (exact) mass is 318 g/mol. The highest BCUT2D eigenvalue weighted by Crippen LogP contribution is 2.36. The molecule has 0 radical (unpaired) electrons. The molecule has 0 N–H and O–H groups in total. The van der Waals surface area contributed by atoms with E-state index >= 15 is 0 Å². The van der Waals surface area contributed by atoms with Crippen LogP contribution in [0.25, 0.3) is 0 Å². The molecule has 22 heavy (non-hydrogen) atoms. The van der Waals surface area contributed by atoms with E-state index < -0.39 is 28.1 Å². The fraction of sp³-hybridized carbons (Fsp3) is 0.188. The first-order valence-electron chi connectivity index (χ1n) is 6.69. The van der Waals surface area contributed by atoms with Gasteiger partial charge in [-0.1, -0.05) is 42.5 Å². The van der Waals surface area contributed by atoms with Crippen molar-refractivity contribution < 1.29 is 22.1 Å². The van der Waals surface area contributed by atoms with Crippen LogP contribution in [0.3, 0.4) is 0 Å². The molecule has 1 heterocycles. The zero-order chi connectivity index (χ0) is 15.7. The summed E-state index contributed by atoms with van der Waals surface area (Å²) >= 11 is 0. The highest BCUT2D eigenvalue weighted by atomic mass is 32.2. The second-order valence-electron chi connectivity index (χ2n) is 5.03. The van der Waals surface area contributed by atoms with Gasteiger partial charge >= 0.3 is 0 Å². The lowest BCUT2D eigenvalue weighted by molar-refractivity contribution is 0.0347. The molecule has 0 fully saturated rings. The van der Waals surface area contributed by atoms with Gasteiger partial charge in [-0.25, -0.2) is 0 Å². The van der Waals surface area contributed by atoms with Crippen molar-refractivity contribution in [1.82, 2.24) is 0 Å². The predicted octanol–water partition coefficient (Wildman–Crippen LogP) is 2.35. The third-order valence-electron chi connectivity index (χ3n) is 3.35. The molecular weight excluding hydrogens is 304 g/mol. The topological polar surface area (TPSA) is 69.7 Å². The lowest BCUT2D eigenvalue weighted by Crippen LogP contribution is -2.39. The Balaban J connectivity index is 2.08. The molecule has 2 atom stereocenters. The lowest BCUT2D eigenvalue weighted by Gasteiger charge is -2.31. The maximum absolute atomic E-state index is 12.6. The number of carbonyl (C=O) groups excluding carboxylic acids is 1. The van der Waals surface area contributed by atoms with E-state index in [4.69, 9.17) is 8.92 Å². The van der Waals surface area contributed by atoms with Crippen LogP contribution in [-0.4, -0.2) is 26.6 Å². The van der Waals surface area contributed by atoms with E-state index in [1.54, 1.807) is 48.5 Å². The molecule has 114 valence electrons. The van der Waals surface area contributed by atoms with Crippen molar-refractivity contribution in [2.75, 3.05) is 6.26 Å². The van der Waals surface area contributed by atoms with Gasteiger partial charge in [-0.3, -0.25) is 8.98 Å². The molecule has 0 saturated carbocycles. The third kappa shape index (κ3) is 2.88. The number of hydrogen-bond donors (Lipinski definition) is 0. The maximum atomic E-state index is 12.6. The fourth-order valence-electron chi connectivity index (χ4n) is 2.43. The standard InChI is InChI=1S/C16H14O5S/c1-22(18,19)21-16-14(17)12-9-5-6-10-13(12)20-15(16)11-7-3-2-4-8-11/h2-10,15-16H,1H3/t15-,16+/m0/s1. The summed E-state index contributed by atoms with van der Waals surface area (Å²) in [5.74, 6) is 0.0239. The molecule has 0 aliphatic carbocycles. The van der Waals surface area contributed by atoms with E-state index in [1.807, 2.05) is 6.07 Å². The van der Waals surface area contributed by atoms with Gasteiger partial charge in [0.15, 0.2) is 12.2 Å². The quantitative estimate of drug-likeness (QED) is 0.813. The number of fused-ring (bicyclic) bond motifs is 1. The van der Waals surface area contributed by atoms with Crippen molar-refractivity contribution in [2.45, 2.75) is 12.2 Å². The summed E-state index contributed by atoms with van der Waals surface area (Å²) in [4.78, 5) is 12.6. The molecule has 0 unspecified atom stereocenters. The third-order valence-corrected chi connectivity index (χ3v) is 3.90. The van der Waals surface area contributed by atoms with Crippen molar-refractivity contribution in [3.63, 3.8) is 0 Å². The first kappa shape index (κ1) is 14.7. The van der Waals surface area contributed by atoms with Gasteiger partial charge in [0.1, 0.15) is 5.75 Å². The summed E-state index contributed by atoms with van der Waals surface area (Å²) in [5.41, 5.74) is 1.00. The zero-order valence-corrected chi connectivity index (χ0v) is 12.6. The average molecular weight is 318 g/mol. The van der Waals surface area contributed by atoms with Gasteiger partial charge < -0.3 is 4.74 Å². The van der Waals surface area contributed by atoms with Crippen molar-refractivity contribution in [1.29, 1.82) is 0 Å². The van der Waals surface area contributed by atoms with Crippen LogP contribution in [0.2, 0.25) is 0 Å². The summed E-state index contributed by atoms with van der Waals surface area (Å²) in [6, 6.07) is 15.7. The number of benzene rings is 2. The van der Waals surface area contributed by atoms with Crippen molar-refractivity contribution in [3.05, 3.63) is 65.7 Å². The molecule has 1 aliphatic heterocycles. The maximum Gasteiger partial charge on any atom is 0.265 e. The van der Waals surface area contributed by atoms with Crippen LogP contribution in [0.15, 0.2) is 54.6 Å². The van der Waals surface area contributed by atoms with Crippen LogP contribution in [-0.2, 0) is 14.3 Å². The average Bonchev–Trinajstić information content (AvgIpc) is 2.50. The van der Waals surface area contributed by atoms with Crippen LogP contribution in [0, 0.1) is 0 Å². The molecule has 0 saturated heterocycles. The Hall–Kier alpha value is -2.18. The SMILES string of the molecule is CS(=O)(=O)O[C@@H]1C(=O)c2ccccc2O[C@H]1c1ccccc1. The van der Waals surface area contributed by atoms with E-state index in [0.717, 1.165) is 6.26 Å². The van der Waals surface area contributed by atoms with Gasteiger partial charge in [-0.15, -0.1) is 0 Å². The summed E-state index contributed by atoms with van der Waals surface area (Å²) in [6.45, 7) is 0. The Bertz CT molecular complexity index is 798. The van der Waals surface area contributed by atoms with Crippen LogP contribution in [0.4, 0.5) is 0 Å². The Morgan fingerprint density at radius 3 is 2.32 bits per heavy atom. The molecule has 2 aromatic rings. The largest absolute Gasteiger partial charge is 0.482 e. The second-order valence-corrected chi connectivity index (χ2v) is 6.63. The number of ketones is 1. The normalized spacial score (nSPS) is 21.0. The molecule has 2 aromatic carbocycles. The highest BCUT2D eigenvalue weighted by molar-refractivity contribution is 7.86. The summed E-state index contributed by atoms with van der Waals surface area (Å²) < 4.78 is 33.9. The summed E-state index contributed by atoms with van der Waals surface area (Å²) in [7, 11) is -3.80. The molecule has 3 rings (SSSR count). The van der Waals surface area contributed by atoms with Gasteiger partial charge in [0.25, 0.3) is 10.1 Å². The van der Waals surface area contributed by atoms with E-state index in [2.05, 4.69) is 0 Å². The smallest absolute Gasteiger partial charge is 0.265 e. The first-order chi connectivity index (χ1) is 10.5. The Morgan fingerprint density at radius 2 is 1.64 bits per heavy atom.